The number of fused-ring (bicyclic) bond motifs is 2. The highest BCUT2D eigenvalue weighted by Gasteiger charge is 2.39. The molecule has 2 aliphatic rings. The van der Waals surface area contributed by atoms with Crippen LogP contribution < -0.4 is 0 Å². The molecule has 2 aliphatic carbocycles. The minimum Gasteiger partial charge on any atom is -0.466 e. The van der Waals surface area contributed by atoms with Crippen molar-refractivity contribution in [1.82, 2.24) is 19.8 Å². The Balaban J connectivity index is 0.000000191. The number of para-hydroxylation sites is 2. The number of ether oxygens (including phenoxy) is 2. The van der Waals surface area contributed by atoms with Crippen molar-refractivity contribution in [3.8, 4) is 0 Å². The van der Waals surface area contributed by atoms with Crippen molar-refractivity contribution in [2.24, 2.45) is 11.8 Å². The molecule has 2 aromatic heterocycles. The van der Waals surface area contributed by atoms with Gasteiger partial charge >= 0.3 is 11.9 Å². The molecule has 332 valence electrons. The lowest BCUT2D eigenvalue weighted by Crippen LogP contribution is -2.38. The molecular weight excluding hydrogens is 896 g/mol. The topological polar surface area (TPSA) is 159 Å². The van der Waals surface area contributed by atoms with Crippen molar-refractivity contribution in [3.05, 3.63) is 153 Å². The summed E-state index contributed by atoms with van der Waals surface area (Å²) in [6.45, 7) is 0.922. The number of rotatable bonds is 16. The van der Waals surface area contributed by atoms with Gasteiger partial charge in [0.2, 0.25) is 11.8 Å². The molecule has 0 unspecified atom stereocenters. The summed E-state index contributed by atoms with van der Waals surface area (Å²) in [6.07, 6.45) is 6.56. The van der Waals surface area contributed by atoms with Crippen molar-refractivity contribution >= 4 is 90.1 Å². The zero-order valence-corrected chi connectivity index (χ0v) is 38.1. The first-order valence-electron chi connectivity index (χ1n) is 20.6. The van der Waals surface area contributed by atoms with Crippen LogP contribution in [0.2, 0.25) is 10.0 Å². The molecule has 0 spiro atoms. The van der Waals surface area contributed by atoms with Gasteiger partial charge in [0.1, 0.15) is 34.3 Å². The minimum absolute atomic E-state index is 0.355. The number of carbonyl (C=O) groups excluding carboxylic acids is 4. The number of hydrogen-bond donors (Lipinski definition) is 2. The number of hydrogen-bond acceptors (Lipinski definition) is 12. The van der Waals surface area contributed by atoms with Gasteiger partial charge in [-0.25, -0.2) is 19.6 Å². The molecule has 2 heterocycles. The van der Waals surface area contributed by atoms with Crippen molar-refractivity contribution in [2.75, 3.05) is 27.3 Å². The maximum Gasteiger partial charge on any atom is 0.330 e. The molecule has 16 heteroatoms. The lowest BCUT2D eigenvalue weighted by molar-refractivity contribution is -0.136. The van der Waals surface area contributed by atoms with E-state index in [2.05, 4.69) is 9.47 Å². The second-order valence-corrected chi connectivity index (χ2v) is 18.5. The molecule has 12 nitrogen and oxygen atoms in total. The third-order valence-electron chi connectivity index (χ3n) is 10.8. The monoisotopic (exact) mass is 940 g/mol. The molecule has 2 saturated carbocycles. The zero-order chi connectivity index (χ0) is 45.3. The predicted molar refractivity (Wildman–Crippen MR) is 249 cm³/mol. The molecule has 4 aromatic carbocycles. The average Bonchev–Trinajstić information content (AvgIpc) is 4.23. The Morgan fingerprint density at radius 2 is 1.02 bits per heavy atom. The number of aliphatic hydroxyl groups is 2. The first-order valence-corrected chi connectivity index (χ1v) is 23.0. The van der Waals surface area contributed by atoms with E-state index in [9.17, 15) is 29.4 Å². The second kappa shape index (κ2) is 21.5. The number of nitrogens with zero attached hydrogens (tertiary/aromatic N) is 4. The highest BCUT2D eigenvalue weighted by Crippen LogP contribution is 2.43. The molecule has 0 aliphatic heterocycles. The van der Waals surface area contributed by atoms with Crippen LogP contribution in [0.4, 0.5) is 0 Å². The van der Waals surface area contributed by atoms with Gasteiger partial charge in [-0.05, 0) is 97.2 Å². The fourth-order valence-electron chi connectivity index (χ4n) is 7.10. The number of esters is 2. The van der Waals surface area contributed by atoms with Crippen LogP contribution >= 0.6 is 45.9 Å². The van der Waals surface area contributed by atoms with E-state index >= 15 is 0 Å². The Bertz CT molecular complexity index is 2430. The van der Waals surface area contributed by atoms with Crippen LogP contribution in [-0.4, -0.2) is 81.0 Å². The summed E-state index contributed by atoms with van der Waals surface area (Å²) < 4.78 is 11.2. The van der Waals surface area contributed by atoms with Crippen molar-refractivity contribution in [2.45, 2.75) is 50.0 Å². The van der Waals surface area contributed by atoms with Crippen LogP contribution in [0, 0.1) is 11.8 Å². The first kappa shape index (κ1) is 46.5. The van der Waals surface area contributed by atoms with Gasteiger partial charge in [0.25, 0.3) is 0 Å². The van der Waals surface area contributed by atoms with Gasteiger partial charge in [-0.15, -0.1) is 22.7 Å². The van der Waals surface area contributed by atoms with Gasteiger partial charge < -0.3 is 29.5 Å². The van der Waals surface area contributed by atoms with E-state index in [-0.39, 0.29) is 11.8 Å². The van der Waals surface area contributed by atoms with E-state index in [1.165, 1.54) is 49.0 Å². The number of carbonyl (C=O) groups is 4. The molecule has 0 saturated heterocycles. The molecule has 2 N–H and O–H groups in total. The molecule has 0 bridgehead atoms. The maximum atomic E-state index is 13.2. The molecular formula is C48H46Cl2N4O8S2. The number of amides is 2. The lowest BCUT2D eigenvalue weighted by Gasteiger charge is -2.33. The van der Waals surface area contributed by atoms with Gasteiger partial charge in [-0.2, -0.15) is 0 Å². The van der Waals surface area contributed by atoms with E-state index < -0.39 is 36.2 Å². The first-order chi connectivity index (χ1) is 30.9. The van der Waals surface area contributed by atoms with E-state index in [0.717, 1.165) is 58.3 Å². The van der Waals surface area contributed by atoms with Crippen LogP contribution in [0.1, 0.15) is 71.1 Å². The van der Waals surface area contributed by atoms with Crippen LogP contribution in [0.5, 0.6) is 0 Å². The molecule has 4 atom stereocenters. The van der Waals surface area contributed by atoms with Gasteiger partial charge in [0.15, 0.2) is 0 Å². The largest absolute Gasteiger partial charge is 0.466 e. The summed E-state index contributed by atoms with van der Waals surface area (Å²) in [7, 11) is 2.51. The number of halogens is 2. The summed E-state index contributed by atoms with van der Waals surface area (Å²) in [4.78, 5) is 62.3. The summed E-state index contributed by atoms with van der Waals surface area (Å²) in [6, 6.07) is 27.9. The van der Waals surface area contributed by atoms with Crippen LogP contribution in [0.25, 0.3) is 20.4 Å². The van der Waals surface area contributed by atoms with Gasteiger partial charge in [0, 0.05) is 47.4 Å². The van der Waals surface area contributed by atoms with Crippen LogP contribution in [-0.2, 0) is 28.7 Å². The molecule has 2 amide bonds. The maximum absolute atomic E-state index is 13.2. The molecule has 2 fully saturated rings. The summed E-state index contributed by atoms with van der Waals surface area (Å²) >= 11 is 15.2. The van der Waals surface area contributed by atoms with Gasteiger partial charge in [-0.1, -0.05) is 71.7 Å². The minimum atomic E-state index is -1.05. The number of aromatic nitrogens is 2. The standard InChI is InChI=1S/2C24H23ClN2O4S/c2*1-31-21(29)12-11-20(28)27(14-15-9-10-15)22(23(30)16-5-4-6-17(25)13-16)24-26-18-7-2-3-8-19(18)32-24/h2*2-8,11-13,15,22-23,30H,9-10,14H2,1H3/b2*12-11+/t2*22-,23+/m10/s1. The summed E-state index contributed by atoms with van der Waals surface area (Å²) in [5.74, 6) is -1.28. The van der Waals surface area contributed by atoms with Crippen molar-refractivity contribution < 1.29 is 38.9 Å². The van der Waals surface area contributed by atoms with E-state index in [4.69, 9.17) is 33.2 Å². The van der Waals surface area contributed by atoms with Gasteiger partial charge in [-0.3, -0.25) is 9.59 Å². The van der Waals surface area contributed by atoms with Crippen molar-refractivity contribution in [3.63, 3.8) is 0 Å². The average molecular weight is 942 g/mol. The van der Waals surface area contributed by atoms with Crippen molar-refractivity contribution in [1.29, 1.82) is 0 Å². The highest BCUT2D eigenvalue weighted by molar-refractivity contribution is 7.19. The SMILES string of the molecule is COC(=O)/C=C/C(=O)N(CC1CC1)[C@@H](c1nc2ccccc2s1)[C@@H](O)c1cccc(Cl)c1.COC(=O)/C=C/C(=O)N(CC1CC1)[C@H](c1nc2ccccc2s1)[C@H](O)c1cccc(Cl)c1. The third-order valence-corrected chi connectivity index (χ3v) is 13.5. The molecule has 8 rings (SSSR count). The van der Waals surface area contributed by atoms with Gasteiger partial charge in [0.05, 0.1) is 34.7 Å². The number of methoxy groups -OCH3 is 2. The Labute approximate surface area is 388 Å². The second-order valence-electron chi connectivity index (χ2n) is 15.5. The highest BCUT2D eigenvalue weighted by atomic mass is 35.5. The third kappa shape index (κ3) is 12.0. The fraction of sp³-hybridized carbons (Fsp3) is 0.292. The number of thiazole rings is 2. The smallest absolute Gasteiger partial charge is 0.330 e. The van der Waals surface area contributed by atoms with E-state index in [0.29, 0.717) is 56.1 Å². The number of benzene rings is 4. The zero-order valence-electron chi connectivity index (χ0n) is 35.0. The Morgan fingerprint density at radius 3 is 1.36 bits per heavy atom. The number of aliphatic hydroxyl groups excluding tert-OH is 2. The summed E-state index contributed by atoms with van der Waals surface area (Å²) in [5.41, 5.74) is 2.79. The lowest BCUT2D eigenvalue weighted by atomic mass is 10.0. The van der Waals surface area contributed by atoms with E-state index in [1.54, 1.807) is 58.3 Å². The Morgan fingerprint density at radius 1 is 0.625 bits per heavy atom. The molecule has 6 aromatic rings. The van der Waals surface area contributed by atoms with Crippen LogP contribution in [0.3, 0.4) is 0 Å². The Kier molecular flexibility index (Phi) is 15.6. The molecule has 0 radical (unpaired) electrons. The quantitative estimate of drug-likeness (QED) is 0.0707. The fourth-order valence-corrected chi connectivity index (χ4v) is 9.72. The van der Waals surface area contributed by atoms with Crippen LogP contribution in [0.15, 0.2) is 121 Å². The molecule has 64 heavy (non-hydrogen) atoms. The Hall–Kier alpha value is -5.48. The van der Waals surface area contributed by atoms with E-state index in [1.807, 2.05) is 48.5 Å². The predicted octanol–water partition coefficient (Wildman–Crippen LogP) is 9.38. The normalized spacial score (nSPS) is 15.6. The summed E-state index contributed by atoms with van der Waals surface area (Å²) in [5, 5.41) is 25.2.